The van der Waals surface area contributed by atoms with Crippen molar-refractivity contribution in [3.05, 3.63) is 88.5 Å². The molecule has 0 fully saturated rings. The van der Waals surface area contributed by atoms with Crippen molar-refractivity contribution in [1.29, 1.82) is 0 Å². The Bertz CT molecular complexity index is 834. The van der Waals surface area contributed by atoms with Crippen LogP contribution in [0.1, 0.15) is 28.4 Å². The van der Waals surface area contributed by atoms with Crippen molar-refractivity contribution in [2.24, 2.45) is 0 Å². The minimum absolute atomic E-state index is 0.112. The summed E-state index contributed by atoms with van der Waals surface area (Å²) < 4.78 is 85.6. The van der Waals surface area contributed by atoms with E-state index in [4.69, 9.17) is 0 Å². The van der Waals surface area contributed by atoms with Crippen molar-refractivity contribution >= 4 is 6.08 Å². The van der Waals surface area contributed by atoms with Gasteiger partial charge in [0.25, 0.3) is 0 Å². The van der Waals surface area contributed by atoms with Crippen LogP contribution in [0, 0.1) is 13.8 Å². The second kappa shape index (κ2) is 8.43. The van der Waals surface area contributed by atoms with E-state index in [0.717, 1.165) is 17.7 Å². The van der Waals surface area contributed by atoms with Gasteiger partial charge in [0.05, 0.1) is 0 Å². The quantitative estimate of drug-likeness (QED) is 0.484. The van der Waals surface area contributed by atoms with Gasteiger partial charge in [-0.2, -0.15) is 17.6 Å². The van der Waals surface area contributed by atoms with Crippen LogP contribution in [0.3, 0.4) is 0 Å². The molecule has 0 bridgehead atoms. The van der Waals surface area contributed by atoms with E-state index in [1.807, 2.05) is 0 Å². The van der Waals surface area contributed by atoms with E-state index in [1.54, 1.807) is 26.0 Å². The van der Waals surface area contributed by atoms with Gasteiger partial charge in [0.2, 0.25) is 0 Å². The van der Waals surface area contributed by atoms with Crippen LogP contribution in [0.25, 0.3) is 6.08 Å². The van der Waals surface area contributed by atoms with Crippen molar-refractivity contribution in [2.75, 3.05) is 0 Å². The predicted octanol–water partition coefficient (Wildman–Crippen LogP) is 7.04. The summed E-state index contributed by atoms with van der Waals surface area (Å²) in [4.78, 5) is 0. The standard InChI is InChI=1S/C20H16F6O/c1-12-3-7-14(8-4-12)11-16(21)20(25,26)27-18(17(22)19(23)24)15-9-5-13(2)6-10-15/h3-11,18H,1-2H3/b16-11-. The number of benzene rings is 2. The third kappa shape index (κ3) is 5.47. The topological polar surface area (TPSA) is 9.23 Å². The summed E-state index contributed by atoms with van der Waals surface area (Å²) in [7, 11) is 0. The highest BCUT2D eigenvalue weighted by Crippen LogP contribution is 2.39. The van der Waals surface area contributed by atoms with Gasteiger partial charge >= 0.3 is 12.2 Å². The van der Waals surface area contributed by atoms with Crippen LogP contribution in [-0.2, 0) is 4.74 Å². The molecular formula is C20H16F6O. The van der Waals surface area contributed by atoms with Crippen LogP contribution < -0.4 is 0 Å². The van der Waals surface area contributed by atoms with Crippen LogP contribution in [0.15, 0.2) is 66.3 Å². The molecule has 0 aliphatic rings. The van der Waals surface area contributed by atoms with Gasteiger partial charge in [0.15, 0.2) is 11.7 Å². The van der Waals surface area contributed by atoms with Gasteiger partial charge in [-0.25, -0.2) is 8.78 Å². The lowest BCUT2D eigenvalue weighted by Gasteiger charge is -2.22. The second-order valence-electron chi connectivity index (χ2n) is 5.94. The van der Waals surface area contributed by atoms with E-state index in [0.29, 0.717) is 11.6 Å². The van der Waals surface area contributed by atoms with Gasteiger partial charge in [-0.15, -0.1) is 0 Å². The Labute approximate surface area is 152 Å². The zero-order valence-electron chi connectivity index (χ0n) is 14.4. The molecule has 0 N–H and O–H groups in total. The number of halogens is 6. The van der Waals surface area contributed by atoms with Gasteiger partial charge in [0, 0.05) is 0 Å². The molecule has 0 amide bonds. The zero-order valence-corrected chi connectivity index (χ0v) is 14.4. The molecule has 144 valence electrons. The minimum atomic E-state index is -4.62. The molecule has 0 heterocycles. The fourth-order valence-electron chi connectivity index (χ4n) is 2.20. The van der Waals surface area contributed by atoms with Crippen molar-refractivity contribution in [1.82, 2.24) is 0 Å². The monoisotopic (exact) mass is 386 g/mol. The highest BCUT2D eigenvalue weighted by molar-refractivity contribution is 5.52. The molecule has 27 heavy (non-hydrogen) atoms. The summed E-state index contributed by atoms with van der Waals surface area (Å²) in [5.41, 5.74) is 1.34. The summed E-state index contributed by atoms with van der Waals surface area (Å²) in [6.07, 6.45) is -9.39. The summed E-state index contributed by atoms with van der Waals surface area (Å²) in [5.74, 6) is -4.24. The third-order valence-corrected chi connectivity index (χ3v) is 3.71. The lowest BCUT2D eigenvalue weighted by atomic mass is 10.1. The first kappa shape index (κ1) is 20.8. The smallest absolute Gasteiger partial charge is 0.299 e. The molecule has 0 aliphatic heterocycles. The average Bonchev–Trinajstić information content (AvgIpc) is 2.61. The van der Waals surface area contributed by atoms with E-state index in [1.165, 1.54) is 24.3 Å². The maximum absolute atomic E-state index is 14.1. The molecule has 0 aliphatic carbocycles. The Morgan fingerprint density at radius 2 is 1.33 bits per heavy atom. The van der Waals surface area contributed by atoms with E-state index in [2.05, 4.69) is 4.74 Å². The number of hydrogen-bond donors (Lipinski definition) is 0. The van der Waals surface area contributed by atoms with Crippen molar-refractivity contribution in [3.8, 4) is 0 Å². The Morgan fingerprint density at radius 1 is 0.852 bits per heavy atom. The Morgan fingerprint density at radius 3 is 1.81 bits per heavy atom. The zero-order chi connectivity index (χ0) is 20.2. The van der Waals surface area contributed by atoms with Crippen molar-refractivity contribution in [3.63, 3.8) is 0 Å². The van der Waals surface area contributed by atoms with E-state index >= 15 is 0 Å². The molecule has 7 heteroatoms. The third-order valence-electron chi connectivity index (χ3n) is 3.71. The molecule has 0 saturated heterocycles. The number of ether oxygens (including phenoxy) is 1. The largest absolute Gasteiger partial charge is 0.410 e. The highest BCUT2D eigenvalue weighted by Gasteiger charge is 2.42. The van der Waals surface area contributed by atoms with Gasteiger partial charge < -0.3 is 0 Å². The van der Waals surface area contributed by atoms with Gasteiger partial charge in [-0.05, 0) is 31.1 Å². The lowest BCUT2D eigenvalue weighted by Crippen LogP contribution is -2.25. The Balaban J connectivity index is 2.35. The summed E-state index contributed by atoms with van der Waals surface area (Å²) in [6, 6.07) is 11.1. The first-order chi connectivity index (χ1) is 12.6. The number of aryl methyl sites for hydroxylation is 2. The maximum atomic E-state index is 14.1. The lowest BCUT2D eigenvalue weighted by molar-refractivity contribution is -0.243. The molecule has 1 atom stereocenters. The molecular weight excluding hydrogens is 370 g/mol. The highest BCUT2D eigenvalue weighted by atomic mass is 19.3. The summed E-state index contributed by atoms with van der Waals surface area (Å²) >= 11 is 0. The van der Waals surface area contributed by atoms with Crippen LogP contribution in [0.2, 0.25) is 0 Å². The van der Waals surface area contributed by atoms with Crippen LogP contribution in [0.4, 0.5) is 26.3 Å². The molecule has 2 aromatic carbocycles. The first-order valence-electron chi connectivity index (χ1n) is 7.87. The molecule has 0 spiro atoms. The van der Waals surface area contributed by atoms with E-state index in [-0.39, 0.29) is 11.1 Å². The molecule has 2 aromatic rings. The van der Waals surface area contributed by atoms with E-state index in [9.17, 15) is 26.3 Å². The van der Waals surface area contributed by atoms with Crippen LogP contribution in [-0.4, -0.2) is 6.11 Å². The Kier molecular flexibility index (Phi) is 6.49. The number of rotatable bonds is 6. The van der Waals surface area contributed by atoms with Crippen LogP contribution in [0.5, 0.6) is 0 Å². The average molecular weight is 386 g/mol. The molecule has 1 nitrogen and oxygen atoms in total. The van der Waals surface area contributed by atoms with Crippen LogP contribution >= 0.6 is 0 Å². The molecule has 1 unspecified atom stereocenters. The SMILES string of the molecule is Cc1ccc(/C=C(\F)C(F)(F)OC(C(F)=C(F)F)c2ccc(C)cc2)cc1. The number of alkyl halides is 2. The van der Waals surface area contributed by atoms with E-state index < -0.39 is 29.9 Å². The van der Waals surface area contributed by atoms with Gasteiger partial charge in [0.1, 0.15) is 6.10 Å². The molecule has 0 radical (unpaired) electrons. The first-order valence-corrected chi connectivity index (χ1v) is 7.87. The fourth-order valence-corrected chi connectivity index (χ4v) is 2.20. The van der Waals surface area contributed by atoms with Gasteiger partial charge in [-0.1, -0.05) is 59.7 Å². The van der Waals surface area contributed by atoms with Crippen molar-refractivity contribution in [2.45, 2.75) is 26.1 Å². The fraction of sp³-hybridized carbons (Fsp3) is 0.200. The second-order valence-corrected chi connectivity index (χ2v) is 5.94. The Hall–Kier alpha value is -2.54. The molecule has 2 rings (SSSR count). The summed E-state index contributed by atoms with van der Waals surface area (Å²) in [5, 5.41) is 0. The summed E-state index contributed by atoms with van der Waals surface area (Å²) in [6.45, 7) is 3.43. The number of hydrogen-bond acceptors (Lipinski definition) is 1. The maximum Gasteiger partial charge on any atom is 0.410 e. The molecule has 0 saturated carbocycles. The molecule has 0 aromatic heterocycles. The predicted molar refractivity (Wildman–Crippen MR) is 90.6 cm³/mol. The van der Waals surface area contributed by atoms with Gasteiger partial charge in [-0.3, -0.25) is 4.74 Å². The van der Waals surface area contributed by atoms with Crippen molar-refractivity contribution < 1.29 is 31.1 Å². The normalized spacial score (nSPS) is 13.4. The minimum Gasteiger partial charge on any atom is -0.299 e.